The van der Waals surface area contributed by atoms with Crippen LogP contribution in [-0.4, -0.2) is 26.6 Å². The number of aromatic nitrogens is 3. The van der Waals surface area contributed by atoms with E-state index in [9.17, 15) is 4.79 Å². The van der Waals surface area contributed by atoms with E-state index in [-0.39, 0.29) is 12.5 Å². The number of amides is 1. The number of rotatable bonds is 5. The third-order valence-electron chi connectivity index (χ3n) is 3.28. The first-order chi connectivity index (χ1) is 11.1. The van der Waals surface area contributed by atoms with Crippen LogP contribution in [-0.2, 0) is 11.3 Å². The lowest BCUT2D eigenvalue weighted by atomic mass is 10.3. The summed E-state index contributed by atoms with van der Waals surface area (Å²) in [4.78, 5) is 12.1. The fourth-order valence-electron chi connectivity index (χ4n) is 2.12. The van der Waals surface area contributed by atoms with Gasteiger partial charge in [0.05, 0.1) is 6.54 Å². The molecule has 2 heterocycles. The van der Waals surface area contributed by atoms with E-state index in [1.807, 2.05) is 28.8 Å². The van der Waals surface area contributed by atoms with Crippen molar-refractivity contribution in [1.29, 1.82) is 0 Å². The minimum atomic E-state index is -0.646. The Morgan fingerprint density at radius 2 is 2.17 bits per heavy atom. The number of benzene rings is 1. The highest BCUT2D eigenvalue weighted by molar-refractivity contribution is 6.30. The smallest absolute Gasteiger partial charge is 0.261 e. The Hall–Kier alpha value is -2.60. The predicted molar refractivity (Wildman–Crippen MR) is 86.4 cm³/mol. The molecule has 0 fully saturated rings. The molecule has 3 aromatic rings. The van der Waals surface area contributed by atoms with Gasteiger partial charge in [-0.2, -0.15) is 0 Å². The number of carbonyl (C=O) groups is 1. The standard InChI is InChI=1S/C16H15ClN4O2/c1-11(23-13-6-4-5-12(17)9-13)16(22)18-10-15-20-19-14-7-2-3-8-21(14)15/h2-9,11H,10H2,1H3,(H,18,22). The predicted octanol–water partition coefficient (Wildman–Crippen LogP) is 2.47. The fourth-order valence-corrected chi connectivity index (χ4v) is 2.30. The minimum Gasteiger partial charge on any atom is -0.481 e. The first-order valence-corrected chi connectivity index (χ1v) is 7.50. The van der Waals surface area contributed by atoms with E-state index in [1.54, 1.807) is 31.2 Å². The summed E-state index contributed by atoms with van der Waals surface area (Å²) in [6.07, 6.45) is 1.20. The van der Waals surface area contributed by atoms with Gasteiger partial charge in [-0.25, -0.2) is 0 Å². The molecule has 23 heavy (non-hydrogen) atoms. The lowest BCUT2D eigenvalue weighted by Crippen LogP contribution is -2.36. The van der Waals surface area contributed by atoms with Crippen LogP contribution in [0, 0.1) is 0 Å². The van der Waals surface area contributed by atoms with Gasteiger partial charge in [0.15, 0.2) is 17.6 Å². The van der Waals surface area contributed by atoms with E-state index in [0.29, 0.717) is 16.6 Å². The number of pyridine rings is 1. The second kappa shape index (κ2) is 6.66. The Kier molecular flexibility index (Phi) is 4.43. The van der Waals surface area contributed by atoms with E-state index in [4.69, 9.17) is 16.3 Å². The van der Waals surface area contributed by atoms with E-state index >= 15 is 0 Å². The average Bonchev–Trinajstić information content (AvgIpc) is 2.96. The van der Waals surface area contributed by atoms with Gasteiger partial charge in [-0.3, -0.25) is 9.20 Å². The molecule has 0 aliphatic heterocycles. The van der Waals surface area contributed by atoms with Crippen molar-refractivity contribution in [3.63, 3.8) is 0 Å². The number of carbonyl (C=O) groups excluding carboxylic acids is 1. The van der Waals surface area contributed by atoms with Crippen LogP contribution in [0.15, 0.2) is 48.7 Å². The van der Waals surface area contributed by atoms with Gasteiger partial charge in [0.25, 0.3) is 5.91 Å². The zero-order valence-electron chi connectivity index (χ0n) is 12.4. The van der Waals surface area contributed by atoms with Gasteiger partial charge >= 0.3 is 0 Å². The third-order valence-corrected chi connectivity index (χ3v) is 3.52. The van der Waals surface area contributed by atoms with Gasteiger partial charge in [-0.05, 0) is 37.3 Å². The lowest BCUT2D eigenvalue weighted by Gasteiger charge is -2.14. The largest absolute Gasteiger partial charge is 0.481 e. The molecule has 1 amide bonds. The van der Waals surface area contributed by atoms with Crippen molar-refractivity contribution in [3.8, 4) is 5.75 Å². The van der Waals surface area contributed by atoms with Gasteiger partial charge in [0, 0.05) is 11.2 Å². The van der Waals surface area contributed by atoms with Crippen molar-refractivity contribution in [3.05, 3.63) is 59.5 Å². The topological polar surface area (TPSA) is 68.5 Å². The molecule has 1 atom stereocenters. The maximum atomic E-state index is 12.1. The highest BCUT2D eigenvalue weighted by Gasteiger charge is 2.15. The molecule has 0 saturated heterocycles. The van der Waals surface area contributed by atoms with Gasteiger partial charge in [0.1, 0.15) is 5.75 Å². The van der Waals surface area contributed by atoms with Crippen molar-refractivity contribution in [2.24, 2.45) is 0 Å². The molecular formula is C16H15ClN4O2. The van der Waals surface area contributed by atoms with Crippen LogP contribution in [0.5, 0.6) is 5.75 Å². The Bertz CT molecular complexity index is 834. The highest BCUT2D eigenvalue weighted by atomic mass is 35.5. The maximum absolute atomic E-state index is 12.1. The van der Waals surface area contributed by atoms with Crippen molar-refractivity contribution in [1.82, 2.24) is 19.9 Å². The summed E-state index contributed by atoms with van der Waals surface area (Å²) in [7, 11) is 0. The summed E-state index contributed by atoms with van der Waals surface area (Å²) in [5, 5.41) is 11.4. The van der Waals surface area contributed by atoms with Crippen LogP contribution in [0.2, 0.25) is 5.02 Å². The molecule has 0 spiro atoms. The molecule has 0 aliphatic rings. The second-order valence-corrected chi connectivity index (χ2v) is 5.42. The quantitative estimate of drug-likeness (QED) is 0.780. The number of nitrogens with one attached hydrogen (secondary N) is 1. The Morgan fingerprint density at radius 3 is 3.00 bits per heavy atom. The molecular weight excluding hydrogens is 316 g/mol. The van der Waals surface area contributed by atoms with E-state index in [2.05, 4.69) is 15.5 Å². The number of fused-ring (bicyclic) bond motifs is 1. The molecule has 0 aliphatic carbocycles. The van der Waals surface area contributed by atoms with Gasteiger partial charge in [-0.15, -0.1) is 10.2 Å². The van der Waals surface area contributed by atoms with Crippen LogP contribution >= 0.6 is 11.6 Å². The monoisotopic (exact) mass is 330 g/mol. The van der Waals surface area contributed by atoms with Crippen LogP contribution < -0.4 is 10.1 Å². The third kappa shape index (κ3) is 3.60. The number of ether oxygens (including phenoxy) is 1. The summed E-state index contributed by atoms with van der Waals surface area (Å²) in [6.45, 7) is 1.95. The number of hydrogen-bond acceptors (Lipinski definition) is 4. The molecule has 1 N–H and O–H groups in total. The Labute approximate surface area is 138 Å². The van der Waals surface area contributed by atoms with Gasteiger partial charge < -0.3 is 10.1 Å². The molecule has 3 rings (SSSR count). The van der Waals surface area contributed by atoms with E-state index in [1.165, 1.54) is 0 Å². The SMILES string of the molecule is CC(Oc1cccc(Cl)c1)C(=O)NCc1nnc2ccccn12. The molecule has 2 aromatic heterocycles. The normalized spacial score (nSPS) is 12.1. The number of halogens is 1. The molecule has 0 radical (unpaired) electrons. The van der Waals surface area contributed by atoms with Crippen molar-refractivity contribution < 1.29 is 9.53 Å². The molecule has 0 bridgehead atoms. The van der Waals surface area contributed by atoms with Crippen LogP contribution in [0.1, 0.15) is 12.7 Å². The Morgan fingerprint density at radius 1 is 1.30 bits per heavy atom. The zero-order chi connectivity index (χ0) is 16.2. The van der Waals surface area contributed by atoms with E-state index < -0.39 is 6.10 Å². The molecule has 6 nitrogen and oxygen atoms in total. The minimum absolute atomic E-state index is 0.238. The first-order valence-electron chi connectivity index (χ1n) is 7.12. The average molecular weight is 331 g/mol. The molecule has 7 heteroatoms. The molecule has 1 aromatic carbocycles. The van der Waals surface area contributed by atoms with Crippen LogP contribution in [0.3, 0.4) is 0 Å². The summed E-state index contributed by atoms with van der Waals surface area (Å²) in [6, 6.07) is 12.5. The number of nitrogens with zero attached hydrogens (tertiary/aromatic N) is 3. The van der Waals surface area contributed by atoms with Crippen LogP contribution in [0.25, 0.3) is 5.65 Å². The van der Waals surface area contributed by atoms with Crippen LogP contribution in [0.4, 0.5) is 0 Å². The summed E-state index contributed by atoms with van der Waals surface area (Å²) >= 11 is 5.89. The zero-order valence-corrected chi connectivity index (χ0v) is 13.2. The molecule has 1 unspecified atom stereocenters. The fraction of sp³-hybridized carbons (Fsp3) is 0.188. The van der Waals surface area contributed by atoms with Gasteiger partial charge in [0.2, 0.25) is 0 Å². The van der Waals surface area contributed by atoms with Crippen molar-refractivity contribution in [2.45, 2.75) is 19.6 Å². The lowest BCUT2D eigenvalue weighted by molar-refractivity contribution is -0.127. The molecule has 118 valence electrons. The highest BCUT2D eigenvalue weighted by Crippen LogP contribution is 2.18. The maximum Gasteiger partial charge on any atom is 0.261 e. The summed E-state index contributed by atoms with van der Waals surface area (Å²) in [5.74, 6) is 0.967. The summed E-state index contributed by atoms with van der Waals surface area (Å²) < 4.78 is 7.40. The molecule has 0 saturated carbocycles. The first kappa shape index (κ1) is 15.3. The van der Waals surface area contributed by atoms with Crippen molar-refractivity contribution in [2.75, 3.05) is 0 Å². The van der Waals surface area contributed by atoms with E-state index in [0.717, 1.165) is 5.65 Å². The number of hydrogen-bond donors (Lipinski definition) is 1. The second-order valence-electron chi connectivity index (χ2n) is 4.98. The summed E-state index contributed by atoms with van der Waals surface area (Å²) in [5.41, 5.74) is 0.736. The van der Waals surface area contributed by atoms with Gasteiger partial charge in [-0.1, -0.05) is 23.7 Å². The van der Waals surface area contributed by atoms with Crippen molar-refractivity contribution >= 4 is 23.2 Å². The Balaban J connectivity index is 1.60.